The number of fused-ring (bicyclic) bond motifs is 1. The summed E-state index contributed by atoms with van der Waals surface area (Å²) >= 11 is 1.57. The van der Waals surface area contributed by atoms with Crippen molar-refractivity contribution in [2.24, 2.45) is 0 Å². The van der Waals surface area contributed by atoms with Crippen LogP contribution in [0, 0.1) is 0 Å². The third-order valence-electron chi connectivity index (χ3n) is 4.71. The van der Waals surface area contributed by atoms with Crippen molar-refractivity contribution in [3.05, 3.63) is 24.4 Å². The number of imidazole rings is 1. The van der Waals surface area contributed by atoms with Gasteiger partial charge >= 0.3 is 0 Å². The number of amides is 1. The van der Waals surface area contributed by atoms with Crippen LogP contribution in [0.2, 0.25) is 0 Å². The summed E-state index contributed by atoms with van der Waals surface area (Å²) < 4.78 is 13.5. The summed E-state index contributed by atoms with van der Waals surface area (Å²) in [6.45, 7) is 4.83. The largest absolute Gasteiger partial charge is 0.486 e. The average molecular weight is 373 g/mol. The van der Waals surface area contributed by atoms with Crippen LogP contribution < -0.4 is 14.8 Å². The average Bonchev–Trinajstić information content (AvgIpc) is 2.97. The van der Waals surface area contributed by atoms with E-state index < -0.39 is 0 Å². The molecule has 26 heavy (non-hydrogen) atoms. The predicted octanol–water partition coefficient (Wildman–Crippen LogP) is 3.10. The first-order chi connectivity index (χ1) is 12.8. The van der Waals surface area contributed by atoms with Crippen LogP contribution in [0.4, 0.5) is 0 Å². The van der Waals surface area contributed by atoms with E-state index in [-0.39, 0.29) is 11.2 Å². The van der Waals surface area contributed by atoms with Crippen LogP contribution in [0.25, 0.3) is 11.3 Å². The number of thioether (sulfide) groups is 1. The van der Waals surface area contributed by atoms with Gasteiger partial charge in [0.05, 0.1) is 17.1 Å². The van der Waals surface area contributed by atoms with Gasteiger partial charge in [-0.2, -0.15) is 0 Å². The van der Waals surface area contributed by atoms with E-state index in [1.165, 1.54) is 0 Å². The first kappa shape index (κ1) is 17.3. The van der Waals surface area contributed by atoms with Crippen LogP contribution in [0.3, 0.4) is 0 Å². The number of hydrogen-bond donors (Lipinski definition) is 1. The Hall–Kier alpha value is -2.15. The summed E-state index contributed by atoms with van der Waals surface area (Å²) in [7, 11) is 0. The van der Waals surface area contributed by atoms with Crippen LogP contribution in [0.1, 0.15) is 26.2 Å². The van der Waals surface area contributed by atoms with E-state index in [9.17, 15) is 4.79 Å². The summed E-state index contributed by atoms with van der Waals surface area (Å²) in [6, 6.07) is 5.98. The van der Waals surface area contributed by atoms with Crippen molar-refractivity contribution in [1.29, 1.82) is 0 Å². The fourth-order valence-corrected chi connectivity index (χ4v) is 4.54. The summed E-state index contributed by atoms with van der Waals surface area (Å²) in [5, 5.41) is 3.82. The summed E-state index contributed by atoms with van der Waals surface area (Å²) in [5.41, 5.74) is 2.07. The number of ether oxygens (including phenoxy) is 2. The molecule has 1 saturated heterocycles. The molecular weight excluding hydrogens is 350 g/mol. The smallest absolute Gasteiger partial charge is 0.233 e. The molecule has 3 heterocycles. The zero-order chi connectivity index (χ0) is 17.9. The van der Waals surface area contributed by atoms with Crippen LogP contribution >= 0.6 is 11.8 Å². The number of nitrogens with one attached hydrogen (secondary N) is 1. The van der Waals surface area contributed by atoms with Crippen LogP contribution in [0.15, 0.2) is 29.6 Å². The minimum atomic E-state index is -0.0710. The Morgan fingerprint density at radius 3 is 2.96 bits per heavy atom. The molecular formula is C19H23N3O3S. The molecule has 1 amide bonds. The Morgan fingerprint density at radius 1 is 1.27 bits per heavy atom. The quantitative estimate of drug-likeness (QED) is 0.892. The van der Waals surface area contributed by atoms with Gasteiger partial charge < -0.3 is 19.4 Å². The van der Waals surface area contributed by atoms with E-state index >= 15 is 0 Å². The molecule has 1 fully saturated rings. The highest BCUT2D eigenvalue weighted by atomic mass is 32.2. The molecule has 6 nitrogen and oxygen atoms in total. The lowest BCUT2D eigenvalue weighted by Gasteiger charge is -2.19. The maximum absolute atomic E-state index is 12.3. The first-order valence-electron chi connectivity index (χ1n) is 9.16. The molecule has 0 bridgehead atoms. The zero-order valence-corrected chi connectivity index (χ0v) is 15.7. The van der Waals surface area contributed by atoms with E-state index in [4.69, 9.17) is 9.47 Å². The highest BCUT2D eigenvalue weighted by Gasteiger charge is 2.25. The number of hydrogen-bond acceptors (Lipinski definition) is 5. The lowest BCUT2D eigenvalue weighted by atomic mass is 10.1. The van der Waals surface area contributed by atoms with Crippen molar-refractivity contribution >= 4 is 17.7 Å². The number of rotatable bonds is 4. The number of benzene rings is 1. The van der Waals surface area contributed by atoms with Crippen molar-refractivity contribution in [2.75, 3.05) is 19.8 Å². The van der Waals surface area contributed by atoms with E-state index in [1.807, 2.05) is 24.4 Å². The van der Waals surface area contributed by atoms with Gasteiger partial charge in [0, 0.05) is 18.7 Å². The maximum atomic E-state index is 12.3. The standard InChI is InChI=1S/C19H23N3O3S/c1-2-22-14(13-6-7-15-16(11-13)25-10-9-24-15)12-21-19(22)26-17-5-3-4-8-20-18(17)23/h6-7,11-12,17H,2-5,8-10H2,1H3,(H,20,23)/t17-/m0/s1. The van der Waals surface area contributed by atoms with Gasteiger partial charge in [0.2, 0.25) is 5.91 Å². The van der Waals surface area contributed by atoms with Crippen molar-refractivity contribution in [1.82, 2.24) is 14.9 Å². The van der Waals surface area contributed by atoms with Gasteiger partial charge in [0.25, 0.3) is 0 Å². The van der Waals surface area contributed by atoms with Gasteiger partial charge in [0.15, 0.2) is 16.7 Å². The monoisotopic (exact) mass is 373 g/mol. The van der Waals surface area contributed by atoms with Crippen molar-refractivity contribution in [3.63, 3.8) is 0 Å². The fraction of sp³-hybridized carbons (Fsp3) is 0.474. The Morgan fingerprint density at radius 2 is 2.12 bits per heavy atom. The van der Waals surface area contributed by atoms with Gasteiger partial charge in [0.1, 0.15) is 13.2 Å². The predicted molar refractivity (Wildman–Crippen MR) is 101 cm³/mol. The van der Waals surface area contributed by atoms with E-state index in [2.05, 4.69) is 21.8 Å². The number of aromatic nitrogens is 2. The molecule has 2 aliphatic heterocycles. The molecule has 0 spiro atoms. The topological polar surface area (TPSA) is 65.4 Å². The number of nitrogens with zero attached hydrogens (tertiary/aromatic N) is 2. The second-order valence-electron chi connectivity index (χ2n) is 6.42. The molecule has 0 aliphatic carbocycles. The molecule has 2 aliphatic rings. The maximum Gasteiger partial charge on any atom is 0.233 e. The van der Waals surface area contributed by atoms with Crippen LogP contribution in [-0.4, -0.2) is 40.5 Å². The third-order valence-corrected chi connectivity index (χ3v) is 5.98. The van der Waals surface area contributed by atoms with E-state index in [0.29, 0.717) is 13.2 Å². The molecule has 1 aromatic heterocycles. The zero-order valence-electron chi connectivity index (χ0n) is 14.9. The molecule has 7 heteroatoms. The second-order valence-corrected chi connectivity index (χ2v) is 7.59. The third kappa shape index (κ3) is 3.40. The first-order valence-corrected chi connectivity index (χ1v) is 10.0. The highest BCUT2D eigenvalue weighted by Crippen LogP contribution is 2.36. The molecule has 0 radical (unpaired) electrons. The lowest BCUT2D eigenvalue weighted by molar-refractivity contribution is -0.120. The minimum Gasteiger partial charge on any atom is -0.486 e. The Bertz CT molecular complexity index is 805. The number of carbonyl (C=O) groups is 1. The molecule has 138 valence electrons. The molecule has 0 unspecified atom stereocenters. The molecule has 1 N–H and O–H groups in total. The van der Waals surface area contributed by atoms with Crippen molar-refractivity contribution in [3.8, 4) is 22.8 Å². The van der Waals surface area contributed by atoms with E-state index in [0.717, 1.165) is 60.3 Å². The Labute approximate surface area is 157 Å². The van der Waals surface area contributed by atoms with Gasteiger partial charge in [-0.1, -0.05) is 18.2 Å². The SMILES string of the molecule is CCn1c(-c2ccc3c(c2)OCCO3)cnc1S[C@H]1CCCCNC1=O. The van der Waals surface area contributed by atoms with Gasteiger partial charge in [-0.05, 0) is 38.0 Å². The molecule has 1 aromatic carbocycles. The Kier molecular flexibility index (Phi) is 5.06. The fourth-order valence-electron chi connectivity index (χ4n) is 3.34. The summed E-state index contributed by atoms with van der Waals surface area (Å²) in [4.78, 5) is 16.9. The Balaban J connectivity index is 1.61. The van der Waals surface area contributed by atoms with Gasteiger partial charge in [-0.15, -0.1) is 0 Å². The van der Waals surface area contributed by atoms with Gasteiger partial charge in [-0.3, -0.25) is 4.79 Å². The molecule has 2 aromatic rings. The van der Waals surface area contributed by atoms with Crippen molar-refractivity contribution in [2.45, 2.75) is 43.1 Å². The van der Waals surface area contributed by atoms with Crippen LogP contribution in [0.5, 0.6) is 11.5 Å². The summed E-state index contributed by atoms with van der Waals surface area (Å²) in [6.07, 6.45) is 4.89. The number of carbonyl (C=O) groups excluding carboxylic acids is 1. The summed E-state index contributed by atoms with van der Waals surface area (Å²) in [5.74, 6) is 1.68. The van der Waals surface area contributed by atoms with E-state index in [1.54, 1.807) is 11.8 Å². The van der Waals surface area contributed by atoms with Crippen LogP contribution in [-0.2, 0) is 11.3 Å². The lowest BCUT2D eigenvalue weighted by Crippen LogP contribution is -2.30. The highest BCUT2D eigenvalue weighted by molar-refractivity contribution is 8.00. The molecule has 4 rings (SSSR count). The second kappa shape index (κ2) is 7.61. The molecule has 1 atom stereocenters. The molecule has 0 saturated carbocycles. The minimum absolute atomic E-state index is 0.0710. The van der Waals surface area contributed by atoms with Crippen molar-refractivity contribution < 1.29 is 14.3 Å². The normalized spacial score (nSPS) is 19.7. The van der Waals surface area contributed by atoms with Gasteiger partial charge in [-0.25, -0.2) is 4.98 Å².